The van der Waals surface area contributed by atoms with Crippen LogP contribution in [0.4, 0.5) is 0 Å². The van der Waals surface area contributed by atoms with Gasteiger partial charge in [0.25, 0.3) is 0 Å². The van der Waals surface area contributed by atoms with Gasteiger partial charge in [-0.25, -0.2) is 0 Å². The molecule has 0 amide bonds. The van der Waals surface area contributed by atoms with E-state index in [0.29, 0.717) is 0 Å². The molecule has 1 aromatic heterocycles. The molecule has 0 spiro atoms. The number of pyridine rings is 1. The third-order valence-electron chi connectivity index (χ3n) is 5.71. The minimum Gasteiger partial charge on any atom is -0.360 e. The normalized spacial score (nSPS) is 17.3. The van der Waals surface area contributed by atoms with Gasteiger partial charge < -0.3 is 4.74 Å². The number of aromatic nitrogens is 1. The van der Waals surface area contributed by atoms with Gasteiger partial charge in [0.15, 0.2) is 0 Å². The number of ether oxygens (including phenoxy) is 1. The van der Waals surface area contributed by atoms with Gasteiger partial charge >= 0.3 is 0 Å². The Morgan fingerprint density at radius 3 is 2.07 bits per heavy atom. The Morgan fingerprint density at radius 1 is 0.667 bits per heavy atom. The molecule has 2 heteroatoms. The summed E-state index contributed by atoms with van der Waals surface area (Å²) in [6.07, 6.45) is 1.99. The van der Waals surface area contributed by atoms with Crippen LogP contribution in [0.3, 0.4) is 0 Å². The summed E-state index contributed by atoms with van der Waals surface area (Å²) in [6, 6.07) is 21.7. The summed E-state index contributed by atoms with van der Waals surface area (Å²) in [5.41, 5.74) is 4.13. The van der Waals surface area contributed by atoms with Gasteiger partial charge in [-0.05, 0) is 79.2 Å². The lowest BCUT2D eigenvalue weighted by Gasteiger charge is -2.24. The van der Waals surface area contributed by atoms with E-state index in [-0.39, 0.29) is 11.2 Å². The van der Waals surface area contributed by atoms with Crippen molar-refractivity contribution in [2.45, 2.75) is 38.9 Å². The lowest BCUT2D eigenvalue weighted by molar-refractivity contribution is -0.105. The molecule has 134 valence electrons. The second-order valence-electron chi connectivity index (χ2n) is 8.50. The molecule has 2 heterocycles. The Bertz CT molecular complexity index is 1200. The number of nitrogens with zero attached hydrogens (tertiary/aromatic N) is 1. The predicted molar refractivity (Wildman–Crippen MR) is 112 cm³/mol. The van der Waals surface area contributed by atoms with Crippen LogP contribution in [0.5, 0.6) is 0 Å². The van der Waals surface area contributed by atoms with E-state index in [1.54, 1.807) is 0 Å². The summed E-state index contributed by atoms with van der Waals surface area (Å²) >= 11 is 0. The average molecular weight is 353 g/mol. The smallest absolute Gasteiger partial charge is 0.0891 e. The maximum absolute atomic E-state index is 6.32. The predicted octanol–water partition coefficient (Wildman–Crippen LogP) is 6.56. The quantitative estimate of drug-likeness (QED) is 0.387. The van der Waals surface area contributed by atoms with Crippen molar-refractivity contribution in [1.29, 1.82) is 0 Å². The molecule has 0 radical (unpaired) electrons. The van der Waals surface area contributed by atoms with E-state index in [1.807, 2.05) is 6.20 Å². The molecule has 0 atom stereocenters. The number of hydrogen-bond acceptors (Lipinski definition) is 2. The second kappa shape index (κ2) is 5.40. The molecule has 5 rings (SSSR count). The number of benzene rings is 3. The van der Waals surface area contributed by atoms with Gasteiger partial charge in [-0.1, -0.05) is 36.4 Å². The Hall–Kier alpha value is -2.71. The van der Waals surface area contributed by atoms with Gasteiger partial charge in [0.1, 0.15) is 0 Å². The SMILES string of the molecule is CC1(C)OC(C)(C)c2cc3cc(-c4ccc5ccccc5c4)ncc3cc21. The summed E-state index contributed by atoms with van der Waals surface area (Å²) < 4.78 is 6.32. The monoisotopic (exact) mass is 353 g/mol. The molecule has 1 aliphatic heterocycles. The van der Waals surface area contributed by atoms with Gasteiger partial charge in [-0.3, -0.25) is 4.98 Å². The van der Waals surface area contributed by atoms with Crippen LogP contribution >= 0.6 is 0 Å². The molecule has 2 nitrogen and oxygen atoms in total. The fourth-order valence-corrected chi connectivity index (χ4v) is 4.44. The van der Waals surface area contributed by atoms with Crippen LogP contribution in [-0.2, 0) is 15.9 Å². The summed E-state index contributed by atoms with van der Waals surface area (Å²) in [7, 11) is 0. The van der Waals surface area contributed by atoms with E-state index in [9.17, 15) is 0 Å². The van der Waals surface area contributed by atoms with Crippen molar-refractivity contribution in [3.05, 3.63) is 78.0 Å². The highest BCUT2D eigenvalue weighted by atomic mass is 16.5. The molecule has 0 unspecified atom stereocenters. The zero-order valence-electron chi connectivity index (χ0n) is 16.2. The first-order chi connectivity index (χ1) is 12.8. The number of rotatable bonds is 1. The highest BCUT2D eigenvalue weighted by molar-refractivity contribution is 5.90. The molecule has 0 bridgehead atoms. The molecule has 3 aromatic carbocycles. The van der Waals surface area contributed by atoms with E-state index in [0.717, 1.165) is 16.6 Å². The van der Waals surface area contributed by atoms with Crippen molar-refractivity contribution >= 4 is 21.5 Å². The van der Waals surface area contributed by atoms with E-state index < -0.39 is 0 Å². The van der Waals surface area contributed by atoms with Crippen molar-refractivity contribution in [3.8, 4) is 11.3 Å². The average Bonchev–Trinajstić information content (AvgIpc) is 2.83. The Balaban J connectivity index is 1.68. The fourth-order valence-electron chi connectivity index (χ4n) is 4.44. The summed E-state index contributed by atoms with van der Waals surface area (Å²) in [6.45, 7) is 8.59. The molecule has 27 heavy (non-hydrogen) atoms. The highest BCUT2D eigenvalue weighted by Gasteiger charge is 2.42. The van der Waals surface area contributed by atoms with Gasteiger partial charge in [0.2, 0.25) is 0 Å². The first-order valence-corrected chi connectivity index (χ1v) is 9.48. The van der Waals surface area contributed by atoms with Crippen LogP contribution in [0, 0.1) is 0 Å². The summed E-state index contributed by atoms with van der Waals surface area (Å²) in [4.78, 5) is 4.75. The van der Waals surface area contributed by atoms with Crippen molar-refractivity contribution < 1.29 is 4.74 Å². The van der Waals surface area contributed by atoms with Crippen molar-refractivity contribution in [1.82, 2.24) is 4.98 Å². The Labute approximate surface area is 159 Å². The van der Waals surface area contributed by atoms with E-state index in [2.05, 4.69) is 88.4 Å². The van der Waals surface area contributed by atoms with Crippen molar-refractivity contribution in [2.75, 3.05) is 0 Å². The van der Waals surface area contributed by atoms with Crippen LogP contribution in [0.15, 0.2) is 66.9 Å². The number of hydrogen-bond donors (Lipinski definition) is 0. The molecule has 1 aliphatic rings. The summed E-state index contributed by atoms with van der Waals surface area (Å²) in [5.74, 6) is 0. The van der Waals surface area contributed by atoms with Crippen LogP contribution in [0.25, 0.3) is 32.8 Å². The zero-order chi connectivity index (χ0) is 18.8. The zero-order valence-corrected chi connectivity index (χ0v) is 16.2. The molecule has 0 aliphatic carbocycles. The maximum Gasteiger partial charge on any atom is 0.0891 e. The second-order valence-corrected chi connectivity index (χ2v) is 8.50. The number of fused-ring (bicyclic) bond motifs is 3. The Kier molecular flexibility index (Phi) is 3.29. The molecular formula is C25H23NO. The molecule has 0 saturated carbocycles. The van der Waals surface area contributed by atoms with Gasteiger partial charge in [-0.15, -0.1) is 0 Å². The molecule has 4 aromatic rings. The minimum absolute atomic E-state index is 0.274. The first-order valence-electron chi connectivity index (χ1n) is 9.48. The van der Waals surface area contributed by atoms with Gasteiger partial charge in [0, 0.05) is 17.1 Å². The van der Waals surface area contributed by atoms with Crippen LogP contribution < -0.4 is 0 Å². The molecular weight excluding hydrogens is 330 g/mol. The standard InChI is InChI=1S/C25H23NO/c1-24(2)21-12-19-14-23(18-10-9-16-7-5-6-8-17(16)11-18)26-15-20(19)13-22(21)25(3,4)27-24/h5-15H,1-4H3. The Morgan fingerprint density at radius 2 is 1.33 bits per heavy atom. The topological polar surface area (TPSA) is 22.1 Å². The lowest BCUT2D eigenvalue weighted by atomic mass is 9.88. The third kappa shape index (κ3) is 2.55. The van der Waals surface area contributed by atoms with E-state index in [1.165, 1.54) is 27.3 Å². The lowest BCUT2D eigenvalue weighted by Crippen LogP contribution is -2.22. The van der Waals surface area contributed by atoms with Crippen LogP contribution in [0.1, 0.15) is 38.8 Å². The van der Waals surface area contributed by atoms with Crippen molar-refractivity contribution in [3.63, 3.8) is 0 Å². The molecule has 0 N–H and O–H groups in total. The van der Waals surface area contributed by atoms with Crippen molar-refractivity contribution in [2.24, 2.45) is 0 Å². The minimum atomic E-state index is -0.278. The van der Waals surface area contributed by atoms with Crippen LogP contribution in [0.2, 0.25) is 0 Å². The van der Waals surface area contributed by atoms with Gasteiger partial charge in [-0.2, -0.15) is 0 Å². The van der Waals surface area contributed by atoms with E-state index in [4.69, 9.17) is 9.72 Å². The van der Waals surface area contributed by atoms with Gasteiger partial charge in [0.05, 0.1) is 16.9 Å². The highest BCUT2D eigenvalue weighted by Crippen LogP contribution is 2.48. The fraction of sp³-hybridized carbons (Fsp3) is 0.240. The maximum atomic E-state index is 6.32. The summed E-state index contributed by atoms with van der Waals surface area (Å²) in [5, 5.41) is 4.86. The van der Waals surface area contributed by atoms with Crippen LogP contribution in [-0.4, -0.2) is 4.98 Å². The largest absolute Gasteiger partial charge is 0.360 e. The molecule has 0 fully saturated rings. The first kappa shape index (κ1) is 16.5. The molecule has 0 saturated heterocycles. The third-order valence-corrected chi connectivity index (χ3v) is 5.71. The van der Waals surface area contributed by atoms with E-state index >= 15 is 0 Å².